The molecule has 0 saturated heterocycles. The largest absolute Gasteiger partial charge is 2.00 e. The molecule has 15 aliphatic rings. The van der Waals surface area contributed by atoms with Gasteiger partial charge < -0.3 is 0 Å². The van der Waals surface area contributed by atoms with Crippen LogP contribution in [0.1, 0.15) is 208 Å². The van der Waals surface area contributed by atoms with Crippen molar-refractivity contribution in [3.8, 4) is 55.6 Å². The van der Waals surface area contributed by atoms with Gasteiger partial charge in [0.05, 0.1) is 70.5 Å². The van der Waals surface area contributed by atoms with Gasteiger partial charge in [-0.1, -0.05) is 138 Å². The van der Waals surface area contributed by atoms with Crippen molar-refractivity contribution >= 4 is 93.9 Å². The summed E-state index contributed by atoms with van der Waals surface area (Å²) in [5.74, 6) is 5.83. The van der Waals surface area contributed by atoms with Crippen LogP contribution in [0.5, 0.6) is 0 Å². The molecule has 15 heterocycles. The van der Waals surface area contributed by atoms with Crippen LogP contribution in [0.4, 0.5) is 0 Å². The number of allylic oxidation sites excluding steroid dienone is 6. The molecule has 0 spiro atoms. The first-order valence-electron chi connectivity index (χ1n) is 48.0. The zero-order valence-electron chi connectivity index (χ0n) is 85.5. The van der Waals surface area contributed by atoms with E-state index in [0.717, 1.165) is 191 Å². The summed E-state index contributed by atoms with van der Waals surface area (Å²) in [5, 5.41) is 17.1. The van der Waals surface area contributed by atoms with Crippen LogP contribution in [-0.4, -0.2) is 93.9 Å². The maximum absolute atomic E-state index is 4.94. The molecule has 0 N–H and O–H groups in total. The molecule has 40 bridgehead atoms. The van der Waals surface area contributed by atoms with Gasteiger partial charge in [-0.2, -0.15) is 182 Å². The van der Waals surface area contributed by atoms with Crippen LogP contribution in [0, 0.1) is 60.7 Å². The normalized spacial score (nSPS) is 20.0. The second-order valence-electron chi connectivity index (χ2n) is 42.7. The second kappa shape index (κ2) is 40.3. The molecule has 742 valence electrons. The van der Waals surface area contributed by atoms with E-state index in [1.165, 1.54) is 0 Å². The molecule has 147 heavy (non-hydrogen) atoms. The van der Waals surface area contributed by atoms with Gasteiger partial charge in [0.2, 0.25) is 11.6 Å². The Morgan fingerprint density at radius 1 is 0.177 bits per heavy atom. The Bertz CT molecular complexity index is 6880. The number of aliphatic imine (C=N–C) groups is 16. The molecule has 25 rings (SSSR count). The van der Waals surface area contributed by atoms with Gasteiger partial charge in [0.15, 0.2) is 35.0 Å². The summed E-state index contributed by atoms with van der Waals surface area (Å²) in [7, 11) is 0. The standard InChI is InChI=1S/C26H24N4.C26H22N2.2C24H20N4.C22H18N6.5Pt/c1-15-21-25(3,4)19-11-7-9-17(13-19)18-10-8-12-20(14-18)26(5,6)22-16(2)28-24(30-22)23(27-15)29-21;1-25(2)19-9-5-7-17(15-19)18-8-6-10-20(16-18)26(3,4)24-14-12-22(28-24)21-11-13-23(25)27-21;1-23(2)17-9-5-7-15(11-17)16-8-6-10-18(12-16)24(3,4)20-14-26-22(28-20)21-25-13-19(23)27-21;1-23(2)17-9-5-7-15(11-17)16-8-6-10-18(12-16)24(3,4)22-26-14-20(28-22)19-13-25-21(23)27-19;1-21(2)15-9-5-7-13(11-15)14-8-6-10-16(12-14)22(3,4)20-24-18(26-28-20)17-23-19(21)27-25-17;;;;;/h7-12H,1-6H3;5-14H,1-4H3;2*5-10,13-14H,1-4H3;5-10H,1-4H3;;;;;/q5*-2;5*+2. The molecule has 0 radical (unpaired) electrons. The van der Waals surface area contributed by atoms with Gasteiger partial charge >= 0.3 is 105 Å². The Hall–Kier alpha value is -12.3. The molecule has 25 heteroatoms. The van der Waals surface area contributed by atoms with Crippen LogP contribution in [0.2, 0.25) is 0 Å². The number of fused-ring (bicyclic) bond motifs is 35. The minimum atomic E-state index is -0.467. The molecular weight excluding hydrogens is 2720 g/mol. The molecule has 0 fully saturated rings. The van der Waals surface area contributed by atoms with E-state index in [1.807, 2.05) is 62.7 Å². The number of nitrogens with zero attached hydrogens (tertiary/aromatic N) is 20. The summed E-state index contributed by atoms with van der Waals surface area (Å²) in [6.07, 6.45) is 15.6. The van der Waals surface area contributed by atoms with Crippen molar-refractivity contribution in [2.24, 2.45) is 100 Å². The second-order valence-corrected chi connectivity index (χ2v) is 42.7. The summed E-state index contributed by atoms with van der Waals surface area (Å²) >= 11 is 0. The molecule has 0 aliphatic carbocycles. The monoisotopic (exact) mass is 2820 g/mol. The average molecular weight is 2830 g/mol. The van der Waals surface area contributed by atoms with E-state index in [2.05, 4.69) is 419 Å². The van der Waals surface area contributed by atoms with Gasteiger partial charge in [0.25, 0.3) is 0 Å². The van der Waals surface area contributed by atoms with Crippen molar-refractivity contribution in [1.82, 2.24) is 0 Å². The third-order valence-corrected chi connectivity index (χ3v) is 29.2. The van der Waals surface area contributed by atoms with Crippen molar-refractivity contribution in [1.29, 1.82) is 0 Å². The smallest absolute Gasteiger partial charge is 0.250 e. The first-order chi connectivity index (χ1) is 67.6. The fraction of sp³-hybridized carbons (Fsp3) is 0.262. The van der Waals surface area contributed by atoms with Crippen LogP contribution >= 0.6 is 0 Å². The summed E-state index contributed by atoms with van der Waals surface area (Å²) in [6.45, 7) is 46.8. The maximum Gasteiger partial charge on any atom is 2.00 e. The fourth-order valence-electron chi connectivity index (χ4n) is 19.2. The van der Waals surface area contributed by atoms with Crippen molar-refractivity contribution < 1.29 is 105 Å². The predicted octanol–water partition coefficient (Wildman–Crippen LogP) is 26.0. The van der Waals surface area contributed by atoms with Crippen molar-refractivity contribution in [3.05, 3.63) is 380 Å². The number of benzene rings is 10. The van der Waals surface area contributed by atoms with E-state index in [4.69, 9.17) is 49.9 Å². The van der Waals surface area contributed by atoms with E-state index in [9.17, 15) is 0 Å². The molecule has 20 nitrogen and oxygen atoms in total. The Morgan fingerprint density at radius 3 is 0.667 bits per heavy atom. The Morgan fingerprint density at radius 2 is 0.408 bits per heavy atom. The number of hydrogen-bond donors (Lipinski definition) is 0. The molecule has 0 aromatic heterocycles. The van der Waals surface area contributed by atoms with E-state index >= 15 is 0 Å². The topological polar surface area (TPSA) is 247 Å². The van der Waals surface area contributed by atoms with Gasteiger partial charge in [-0.25, -0.2) is 126 Å². The van der Waals surface area contributed by atoms with Gasteiger partial charge in [-0.15, -0.1) is 137 Å². The Labute approximate surface area is 933 Å². The van der Waals surface area contributed by atoms with E-state index < -0.39 is 10.8 Å². The maximum atomic E-state index is 4.94. The number of amidine groups is 4. The third-order valence-electron chi connectivity index (χ3n) is 29.2. The quantitative estimate of drug-likeness (QED) is 0.129. The van der Waals surface area contributed by atoms with Crippen LogP contribution in [0.3, 0.4) is 0 Å². The fourth-order valence-corrected chi connectivity index (χ4v) is 19.2. The average Bonchev–Trinajstić information content (AvgIpc) is 1.61. The number of hydrogen-bond acceptors (Lipinski definition) is 20. The number of azo groups is 2. The first kappa shape index (κ1) is 107. The Balaban J connectivity index is 0.000000130. The summed E-state index contributed by atoms with van der Waals surface area (Å²) < 4.78 is 0. The molecule has 0 amide bonds. The molecule has 0 atom stereocenters. The van der Waals surface area contributed by atoms with Gasteiger partial charge in [-0.05, 0) is 38.2 Å². The van der Waals surface area contributed by atoms with Gasteiger partial charge in [-0.3, -0.25) is 9.98 Å². The van der Waals surface area contributed by atoms with Crippen LogP contribution in [0.25, 0.3) is 55.6 Å². The van der Waals surface area contributed by atoms with E-state index in [0.29, 0.717) is 46.6 Å². The van der Waals surface area contributed by atoms with Crippen LogP contribution in [0.15, 0.2) is 364 Å². The zero-order valence-corrected chi connectivity index (χ0v) is 96.8. The summed E-state index contributed by atoms with van der Waals surface area (Å²) in [6, 6.07) is 98.4. The molecular formula is C122H104N20Pt5. The molecule has 15 aliphatic heterocycles. The van der Waals surface area contributed by atoms with Crippen molar-refractivity contribution in [2.45, 2.75) is 206 Å². The van der Waals surface area contributed by atoms with Crippen molar-refractivity contribution in [3.63, 3.8) is 0 Å². The Kier molecular flexibility index (Phi) is 29.5. The summed E-state index contributed by atoms with van der Waals surface area (Å²) in [5.41, 5.74) is 28.1. The van der Waals surface area contributed by atoms with Crippen LogP contribution in [-0.2, 0) is 159 Å². The zero-order chi connectivity index (χ0) is 99.3. The molecule has 10 aromatic carbocycles. The third kappa shape index (κ3) is 19.6. The predicted molar refractivity (Wildman–Crippen MR) is 576 cm³/mol. The van der Waals surface area contributed by atoms with E-state index in [1.54, 1.807) is 12.4 Å². The minimum Gasteiger partial charge on any atom is -0.250 e. The molecule has 10 aromatic rings. The van der Waals surface area contributed by atoms with Gasteiger partial charge in [0, 0.05) is 65.6 Å². The first-order valence-corrected chi connectivity index (χ1v) is 48.0. The molecule has 0 unspecified atom stereocenters. The van der Waals surface area contributed by atoms with Crippen LogP contribution < -0.4 is 0 Å². The van der Waals surface area contributed by atoms with Crippen molar-refractivity contribution in [2.75, 3.05) is 0 Å². The van der Waals surface area contributed by atoms with Gasteiger partial charge in [0.1, 0.15) is 23.1 Å². The van der Waals surface area contributed by atoms with E-state index in [-0.39, 0.29) is 149 Å². The SMILES string of the molecule is CC1(C)C2=NC(=C3C=CC(=N3)C(C)(C)c3[c-]c(ccc3)-c3[c-]c1ccc3)C=C2.CC1(C)C2=NC(=C3C=NC(=N3)C(C)(C)c3[c-]c(ccc3)-c3[c-]c1ccc3)C=N2.CC1(C)C2=NC(=C3N=CC(=N3)C(C)(C)c3[c-]c(ccc3)-c3[c-]c1ccc3)N=C2.CC1(C)C2=NC(=C3N=NC(=N3)C(C)(C)c3[c-]c(ccc3)-c3[c-]c1ccc3)N=N2.CC1=NC2=C3N=C(C)C(=N3)C(C)(C)c3[c-]c(ccc3)-c3[c-]c(ccc3)C(C)(C)C1=N2.[Pt+2].[Pt+2].[Pt+2].[Pt+2].[Pt+2]. The minimum absolute atomic E-state index is 0. The molecule has 0 saturated carbocycles. The number of rotatable bonds is 0. The summed E-state index contributed by atoms with van der Waals surface area (Å²) in [4.78, 5) is 75.7.